The molecule has 0 bridgehead atoms. The van der Waals surface area contributed by atoms with Crippen molar-refractivity contribution in [3.63, 3.8) is 0 Å². The lowest BCUT2D eigenvalue weighted by Crippen LogP contribution is -2.30. The molecule has 0 radical (unpaired) electrons. The summed E-state index contributed by atoms with van der Waals surface area (Å²) in [4.78, 5) is 62.3. The van der Waals surface area contributed by atoms with Gasteiger partial charge in [-0.15, -0.1) is 0 Å². The molecule has 0 spiro atoms. The summed E-state index contributed by atoms with van der Waals surface area (Å²) in [6.45, 7) is 9.31. The topological polar surface area (TPSA) is 135 Å². The van der Waals surface area contributed by atoms with Crippen molar-refractivity contribution in [3.05, 3.63) is 101 Å². The molecule has 11 heteroatoms. The van der Waals surface area contributed by atoms with Crippen LogP contribution in [0.25, 0.3) is 11.1 Å². The summed E-state index contributed by atoms with van der Waals surface area (Å²) in [5.74, 6) is 0.0203. The Labute approximate surface area is 340 Å². The molecule has 1 unspecified atom stereocenters. The van der Waals surface area contributed by atoms with Crippen LogP contribution < -0.4 is 14.2 Å². The summed E-state index contributed by atoms with van der Waals surface area (Å²) < 4.78 is 28.6. The minimum Gasteiger partial charge on any atom is -0.494 e. The van der Waals surface area contributed by atoms with E-state index in [9.17, 15) is 24.0 Å². The molecule has 2 amide bonds. The molecule has 11 nitrogen and oxygen atoms in total. The van der Waals surface area contributed by atoms with Crippen LogP contribution in [0.4, 0.5) is 0 Å². The van der Waals surface area contributed by atoms with E-state index in [4.69, 9.17) is 23.7 Å². The highest BCUT2D eigenvalue weighted by atomic mass is 16.5. The molecule has 3 aliphatic rings. The Morgan fingerprint density at radius 3 is 2.00 bits per heavy atom. The Morgan fingerprint density at radius 1 is 0.724 bits per heavy atom. The van der Waals surface area contributed by atoms with E-state index >= 15 is 0 Å². The average molecular weight is 792 g/mol. The van der Waals surface area contributed by atoms with Crippen LogP contribution in [0.15, 0.2) is 78.9 Å². The van der Waals surface area contributed by atoms with Crippen molar-refractivity contribution in [1.29, 1.82) is 0 Å². The van der Waals surface area contributed by atoms with Gasteiger partial charge in [-0.2, -0.15) is 0 Å². The van der Waals surface area contributed by atoms with Gasteiger partial charge in [-0.25, -0.2) is 9.59 Å². The van der Waals surface area contributed by atoms with Gasteiger partial charge in [0.15, 0.2) is 0 Å². The molecule has 0 N–H and O–H groups in total. The second-order valence-corrected chi connectivity index (χ2v) is 15.2. The highest BCUT2D eigenvalue weighted by Crippen LogP contribution is 2.47. The van der Waals surface area contributed by atoms with Crippen molar-refractivity contribution < 1.29 is 47.7 Å². The lowest BCUT2D eigenvalue weighted by Gasteiger charge is -2.21. The summed E-state index contributed by atoms with van der Waals surface area (Å²) in [5.41, 5.74) is 5.71. The van der Waals surface area contributed by atoms with Crippen molar-refractivity contribution in [2.75, 3.05) is 26.4 Å². The van der Waals surface area contributed by atoms with Gasteiger partial charge in [0.1, 0.15) is 23.4 Å². The molecule has 2 aliphatic carbocycles. The van der Waals surface area contributed by atoms with Gasteiger partial charge in [0.05, 0.1) is 31.8 Å². The lowest BCUT2D eigenvalue weighted by molar-refractivity contribution is -0.151. The number of hydrogen-bond acceptors (Lipinski definition) is 10. The monoisotopic (exact) mass is 791 g/mol. The maximum absolute atomic E-state index is 13.2. The van der Waals surface area contributed by atoms with Gasteiger partial charge in [-0.3, -0.25) is 19.3 Å². The largest absolute Gasteiger partial charge is 0.494 e. The van der Waals surface area contributed by atoms with Crippen molar-refractivity contribution in [2.45, 2.75) is 103 Å². The van der Waals surface area contributed by atoms with Crippen molar-refractivity contribution >= 4 is 29.7 Å². The molecule has 1 atom stereocenters. The number of ether oxygens (including phenoxy) is 5. The lowest BCUT2D eigenvalue weighted by atomic mass is 9.98. The third kappa shape index (κ3) is 11.0. The maximum atomic E-state index is 13.2. The highest BCUT2D eigenvalue weighted by Gasteiger charge is 2.27. The van der Waals surface area contributed by atoms with Crippen LogP contribution in [0.1, 0.15) is 117 Å². The standard InChI is InChI=1S/C47H53NO10/c1-31-27-35(54-24-10-5-4-9-23-48-43(49)21-22-44(48)50)15-18-38(31)47(53)58-37-17-20-40-39-19-16-36(29-41(39)33(3)42(40)30-37)55-25-11-12-26-56-46(52)32(2)28-45(51)57-34-13-7-6-8-14-34/h15-22,27,29-30,33-34H,2,4-14,23-26,28H2,1,3H3. The molecule has 0 aromatic heterocycles. The maximum Gasteiger partial charge on any atom is 0.343 e. The number of fused-ring (bicyclic) bond motifs is 3. The highest BCUT2D eigenvalue weighted by molar-refractivity contribution is 6.12. The molecule has 58 heavy (non-hydrogen) atoms. The van der Waals surface area contributed by atoms with E-state index in [1.807, 2.05) is 37.3 Å². The van der Waals surface area contributed by atoms with Crippen LogP contribution in [0, 0.1) is 6.92 Å². The number of amides is 2. The number of rotatable bonds is 20. The molecule has 6 rings (SSSR count). The fraction of sp³-hybridized carbons (Fsp3) is 0.426. The Kier molecular flexibility index (Phi) is 14.5. The zero-order valence-corrected chi connectivity index (χ0v) is 33.6. The Balaban J connectivity index is 0.892. The van der Waals surface area contributed by atoms with Crippen LogP contribution in [-0.4, -0.2) is 67.1 Å². The van der Waals surface area contributed by atoms with Gasteiger partial charge < -0.3 is 23.7 Å². The first-order valence-corrected chi connectivity index (χ1v) is 20.5. The van der Waals surface area contributed by atoms with Crippen LogP contribution >= 0.6 is 0 Å². The van der Waals surface area contributed by atoms with Gasteiger partial charge in [0, 0.05) is 30.2 Å². The van der Waals surface area contributed by atoms with E-state index < -0.39 is 17.9 Å². The first-order valence-electron chi connectivity index (χ1n) is 20.5. The molecular formula is C47H53NO10. The Morgan fingerprint density at radius 2 is 1.31 bits per heavy atom. The summed E-state index contributed by atoms with van der Waals surface area (Å²) in [6.07, 6.45) is 12.1. The molecular weight excluding hydrogens is 739 g/mol. The average Bonchev–Trinajstić information content (AvgIpc) is 3.68. The number of aryl methyl sites for hydroxylation is 1. The summed E-state index contributed by atoms with van der Waals surface area (Å²) >= 11 is 0. The van der Waals surface area contributed by atoms with E-state index in [-0.39, 0.29) is 42.4 Å². The van der Waals surface area contributed by atoms with Crippen LogP contribution in [0.2, 0.25) is 0 Å². The Hall–Kier alpha value is -5.71. The number of esters is 3. The van der Waals surface area contributed by atoms with Gasteiger partial charge in [-0.05, 0) is 129 Å². The molecule has 1 heterocycles. The molecule has 0 saturated heterocycles. The number of hydrogen-bond donors (Lipinski definition) is 0. The molecule has 3 aromatic rings. The van der Waals surface area contributed by atoms with Gasteiger partial charge in [-0.1, -0.05) is 44.9 Å². The predicted octanol–water partition coefficient (Wildman–Crippen LogP) is 8.74. The second-order valence-electron chi connectivity index (χ2n) is 15.2. The summed E-state index contributed by atoms with van der Waals surface area (Å²) in [6, 6.07) is 17.1. The van der Waals surface area contributed by atoms with E-state index in [2.05, 4.69) is 25.6 Å². The number of carbonyl (C=O) groups excluding carboxylic acids is 5. The third-order valence-electron chi connectivity index (χ3n) is 10.9. The van der Waals surface area contributed by atoms with Crippen LogP contribution in [0.3, 0.4) is 0 Å². The minimum absolute atomic E-state index is 0.0586. The number of nitrogens with zero attached hydrogens (tertiary/aromatic N) is 1. The molecule has 3 aromatic carbocycles. The SMILES string of the molecule is C=C(CC(=O)OC1CCCCC1)C(=O)OCCCCOc1ccc2c(c1)C(C)c1cc(OC(=O)c3ccc(OCCCCCCN4C(=O)C=CC4=O)cc3C)ccc1-2. The smallest absolute Gasteiger partial charge is 0.343 e. The molecule has 1 saturated carbocycles. The number of benzene rings is 3. The minimum atomic E-state index is -0.578. The third-order valence-corrected chi connectivity index (χ3v) is 10.9. The fourth-order valence-corrected chi connectivity index (χ4v) is 7.61. The van der Waals surface area contributed by atoms with Crippen molar-refractivity contribution in [3.8, 4) is 28.4 Å². The van der Waals surface area contributed by atoms with E-state index in [1.54, 1.807) is 12.1 Å². The van der Waals surface area contributed by atoms with Gasteiger partial charge >= 0.3 is 17.9 Å². The van der Waals surface area contributed by atoms with Crippen LogP contribution in [0.5, 0.6) is 17.2 Å². The van der Waals surface area contributed by atoms with E-state index in [1.165, 1.54) is 23.5 Å². The molecule has 306 valence electrons. The Bertz CT molecular complexity index is 2030. The first kappa shape index (κ1) is 41.9. The molecule has 1 fully saturated rings. The van der Waals surface area contributed by atoms with Crippen molar-refractivity contribution in [2.24, 2.45) is 0 Å². The van der Waals surface area contributed by atoms with E-state index in [0.29, 0.717) is 49.7 Å². The summed E-state index contributed by atoms with van der Waals surface area (Å²) in [5, 5.41) is 0. The van der Waals surface area contributed by atoms with E-state index in [0.717, 1.165) is 84.9 Å². The zero-order valence-electron chi connectivity index (χ0n) is 33.6. The van der Waals surface area contributed by atoms with Gasteiger partial charge in [0.25, 0.3) is 11.8 Å². The number of carbonyl (C=O) groups is 5. The quantitative estimate of drug-likeness (QED) is 0.0360. The fourth-order valence-electron chi connectivity index (χ4n) is 7.61. The first-order chi connectivity index (χ1) is 28.1. The normalized spacial score (nSPS) is 15.8. The number of imide groups is 1. The molecule has 1 aliphatic heterocycles. The van der Waals surface area contributed by atoms with Crippen molar-refractivity contribution in [1.82, 2.24) is 4.90 Å². The van der Waals surface area contributed by atoms with Gasteiger partial charge in [0.2, 0.25) is 0 Å². The van der Waals surface area contributed by atoms with Crippen LogP contribution in [-0.2, 0) is 28.7 Å². The zero-order chi connectivity index (χ0) is 41.0. The predicted molar refractivity (Wildman–Crippen MR) is 218 cm³/mol. The second kappa shape index (κ2) is 20.1. The number of unbranched alkanes of at least 4 members (excludes halogenated alkanes) is 4. The summed E-state index contributed by atoms with van der Waals surface area (Å²) in [7, 11) is 0.